The molecule has 0 saturated carbocycles. The zero-order valence-electron chi connectivity index (χ0n) is 24.4. The smallest absolute Gasteiger partial charge is 0.481 e. The molecule has 1 fully saturated rings. The number of primary sulfonamides is 1. The molecule has 0 aromatic heterocycles. The number of nitrogens with one attached hydrogen (secondary N) is 1. The van der Waals surface area contributed by atoms with Crippen LogP contribution in [0.25, 0.3) is 11.1 Å². The minimum atomic E-state index is -5.08. The molecule has 0 radical (unpaired) electrons. The SMILES string of the molecule is N=C(N)c1cccc([C@@H]2CN(Cc3ccc(-c4ccccc4S(N)(=O)=O)cc3)C[C@@H]2C(=O)O)c1.O=C(O)C(F)(F)F.O=C(O)C(F)(F)F. The quantitative estimate of drug-likeness (QED) is 0.118. The second kappa shape index (κ2) is 15.7. The first-order chi connectivity index (χ1) is 22.0. The summed E-state index contributed by atoms with van der Waals surface area (Å²) in [6.07, 6.45) is -10.2. The molecule has 3 aromatic rings. The van der Waals surface area contributed by atoms with Crippen molar-refractivity contribution in [2.45, 2.75) is 29.7 Å². The number of hydrogen-bond donors (Lipinski definition) is 6. The van der Waals surface area contributed by atoms with Gasteiger partial charge in [0.05, 0.1) is 10.8 Å². The van der Waals surface area contributed by atoms with E-state index in [1.165, 1.54) is 6.07 Å². The number of alkyl halides is 6. The van der Waals surface area contributed by atoms with E-state index in [-0.39, 0.29) is 16.6 Å². The summed E-state index contributed by atoms with van der Waals surface area (Å²) in [7, 11) is -3.85. The molecule has 1 heterocycles. The number of carboxylic acid groups (broad SMARTS) is 3. The molecule has 1 saturated heterocycles. The Bertz CT molecular complexity index is 1730. The molecule has 0 amide bonds. The maximum atomic E-state index is 12.0. The van der Waals surface area contributed by atoms with Crippen LogP contribution in [0.15, 0.2) is 77.7 Å². The van der Waals surface area contributed by atoms with Gasteiger partial charge in [0.25, 0.3) is 0 Å². The zero-order chi connectivity index (χ0) is 36.6. The Balaban J connectivity index is 0.000000479. The van der Waals surface area contributed by atoms with E-state index in [4.69, 9.17) is 36.1 Å². The van der Waals surface area contributed by atoms with Crippen LogP contribution >= 0.6 is 0 Å². The fourth-order valence-corrected chi connectivity index (χ4v) is 5.30. The largest absolute Gasteiger partial charge is 0.490 e. The van der Waals surface area contributed by atoms with Crippen LogP contribution < -0.4 is 10.9 Å². The van der Waals surface area contributed by atoms with E-state index in [0.29, 0.717) is 30.8 Å². The Morgan fingerprint density at radius 3 is 1.81 bits per heavy atom. The topological polar surface area (TPSA) is 225 Å². The molecule has 0 spiro atoms. The molecule has 260 valence electrons. The Kier molecular flexibility index (Phi) is 12.8. The summed E-state index contributed by atoms with van der Waals surface area (Å²) in [5.74, 6) is -7.19. The van der Waals surface area contributed by atoms with E-state index < -0.39 is 46.2 Å². The second-order valence-corrected chi connectivity index (χ2v) is 11.7. The van der Waals surface area contributed by atoms with E-state index in [1.54, 1.807) is 36.4 Å². The number of carbonyl (C=O) groups is 3. The van der Waals surface area contributed by atoms with Gasteiger partial charge in [-0.15, -0.1) is 0 Å². The number of hydrogen-bond acceptors (Lipinski definition) is 7. The Hall–Kier alpha value is -5.01. The molecule has 2 atom stereocenters. The summed E-state index contributed by atoms with van der Waals surface area (Å²) in [4.78, 5) is 31.9. The third kappa shape index (κ3) is 11.4. The number of carboxylic acids is 3. The molecule has 1 aliphatic rings. The minimum Gasteiger partial charge on any atom is -0.481 e. The molecule has 0 bridgehead atoms. The van der Waals surface area contributed by atoms with Crippen LogP contribution in [0.3, 0.4) is 0 Å². The Labute approximate surface area is 268 Å². The summed E-state index contributed by atoms with van der Waals surface area (Å²) in [6.45, 7) is 1.53. The number of likely N-dealkylation sites (tertiary alicyclic amines) is 1. The van der Waals surface area contributed by atoms with Gasteiger partial charge < -0.3 is 21.1 Å². The lowest BCUT2D eigenvalue weighted by Gasteiger charge is -2.17. The molecule has 19 heteroatoms. The predicted molar refractivity (Wildman–Crippen MR) is 157 cm³/mol. The van der Waals surface area contributed by atoms with E-state index in [2.05, 4.69) is 4.90 Å². The number of benzene rings is 3. The molecular formula is C29H28F6N4O8S. The van der Waals surface area contributed by atoms with Gasteiger partial charge in [-0.1, -0.05) is 60.7 Å². The van der Waals surface area contributed by atoms with Gasteiger partial charge in [0.2, 0.25) is 10.0 Å². The number of nitrogen functional groups attached to an aromatic ring is 1. The first-order valence-electron chi connectivity index (χ1n) is 13.2. The normalized spacial score (nSPS) is 16.5. The average Bonchev–Trinajstić information content (AvgIpc) is 3.41. The van der Waals surface area contributed by atoms with Gasteiger partial charge in [-0.25, -0.2) is 23.1 Å². The van der Waals surface area contributed by atoms with Crippen LogP contribution in [-0.4, -0.2) is 77.8 Å². The van der Waals surface area contributed by atoms with Crippen molar-refractivity contribution in [1.29, 1.82) is 5.41 Å². The van der Waals surface area contributed by atoms with Crippen LogP contribution in [-0.2, 0) is 31.0 Å². The number of amidine groups is 1. The van der Waals surface area contributed by atoms with Crippen LogP contribution in [0.1, 0.15) is 22.6 Å². The third-order valence-corrected chi connectivity index (χ3v) is 7.66. The summed E-state index contributed by atoms with van der Waals surface area (Å²) in [6, 6.07) is 21.3. The number of rotatable bonds is 7. The average molecular weight is 707 g/mol. The van der Waals surface area contributed by atoms with E-state index in [0.717, 1.165) is 16.7 Å². The minimum absolute atomic E-state index is 0.0484. The molecule has 48 heavy (non-hydrogen) atoms. The van der Waals surface area contributed by atoms with Gasteiger partial charge >= 0.3 is 30.3 Å². The molecule has 0 unspecified atom stereocenters. The second-order valence-electron chi connectivity index (χ2n) is 10.1. The highest BCUT2D eigenvalue weighted by atomic mass is 32.2. The van der Waals surface area contributed by atoms with Crippen molar-refractivity contribution in [2.24, 2.45) is 16.8 Å². The van der Waals surface area contributed by atoms with E-state index in [1.807, 2.05) is 30.3 Å². The van der Waals surface area contributed by atoms with E-state index >= 15 is 0 Å². The first kappa shape index (κ1) is 39.2. The summed E-state index contributed by atoms with van der Waals surface area (Å²) >= 11 is 0. The van der Waals surface area contributed by atoms with Gasteiger partial charge in [0.15, 0.2) is 0 Å². The molecule has 3 aromatic carbocycles. The van der Waals surface area contributed by atoms with Crippen molar-refractivity contribution in [3.05, 3.63) is 89.5 Å². The van der Waals surface area contributed by atoms with Crippen molar-refractivity contribution in [3.63, 3.8) is 0 Å². The number of halogens is 6. The third-order valence-electron chi connectivity index (χ3n) is 6.69. The standard InChI is InChI=1S/C25H26N4O4S.2C2HF3O2/c26-24(27)19-5-3-4-18(12-19)21-14-29(15-22(21)25(30)31)13-16-8-10-17(11-9-16)20-6-1-2-7-23(20)34(28,32)33;2*3-2(4,5)1(6)7/h1-12,21-22H,13-15H2,(H3,26,27)(H,30,31)(H2,28,32,33);2*(H,6,7)/t21-,22-;;/m0../s1. The zero-order valence-corrected chi connectivity index (χ0v) is 25.2. The highest BCUT2D eigenvalue weighted by molar-refractivity contribution is 7.89. The maximum absolute atomic E-state index is 12.0. The van der Waals surface area contributed by atoms with Crippen molar-refractivity contribution >= 4 is 33.8 Å². The van der Waals surface area contributed by atoms with Crippen molar-refractivity contribution in [2.75, 3.05) is 13.1 Å². The van der Waals surface area contributed by atoms with Gasteiger partial charge in [-0.2, -0.15) is 26.3 Å². The molecule has 0 aliphatic carbocycles. The highest BCUT2D eigenvalue weighted by Crippen LogP contribution is 2.34. The summed E-state index contributed by atoms with van der Waals surface area (Å²) < 4.78 is 87.3. The number of nitrogens with two attached hydrogens (primary N) is 2. The highest BCUT2D eigenvalue weighted by Gasteiger charge is 2.39. The van der Waals surface area contributed by atoms with Gasteiger partial charge in [-0.05, 0) is 28.8 Å². The molecule has 4 rings (SSSR count). The Morgan fingerprint density at radius 2 is 1.35 bits per heavy atom. The summed E-state index contributed by atoms with van der Waals surface area (Å²) in [5.41, 5.74) is 9.30. The predicted octanol–water partition coefficient (Wildman–Crippen LogP) is 3.85. The lowest BCUT2D eigenvalue weighted by atomic mass is 9.88. The molecule has 12 nitrogen and oxygen atoms in total. The number of aliphatic carboxylic acids is 3. The lowest BCUT2D eigenvalue weighted by molar-refractivity contribution is -0.193. The molecule has 8 N–H and O–H groups in total. The van der Waals surface area contributed by atoms with Crippen LogP contribution in [0.2, 0.25) is 0 Å². The maximum Gasteiger partial charge on any atom is 0.490 e. The Morgan fingerprint density at radius 1 is 0.833 bits per heavy atom. The first-order valence-corrected chi connectivity index (χ1v) is 14.8. The van der Waals surface area contributed by atoms with Crippen LogP contribution in [0, 0.1) is 11.3 Å². The van der Waals surface area contributed by atoms with Crippen molar-refractivity contribution in [3.8, 4) is 11.1 Å². The molecular weight excluding hydrogens is 678 g/mol. The van der Waals surface area contributed by atoms with Gasteiger partial charge in [0, 0.05) is 36.7 Å². The molecule has 1 aliphatic heterocycles. The fraction of sp³-hybridized carbons (Fsp3) is 0.241. The van der Waals surface area contributed by atoms with Crippen molar-refractivity contribution < 1.29 is 64.5 Å². The summed E-state index contributed by atoms with van der Waals surface area (Å²) in [5, 5.41) is 37.1. The number of sulfonamides is 1. The fourth-order valence-electron chi connectivity index (χ4n) is 4.54. The van der Waals surface area contributed by atoms with Crippen molar-refractivity contribution in [1.82, 2.24) is 4.90 Å². The number of nitrogens with zero attached hydrogens (tertiary/aromatic N) is 1. The van der Waals surface area contributed by atoms with Gasteiger partial charge in [-0.3, -0.25) is 15.1 Å². The lowest BCUT2D eigenvalue weighted by Crippen LogP contribution is -2.23. The van der Waals surface area contributed by atoms with E-state index in [9.17, 15) is 44.7 Å². The van der Waals surface area contributed by atoms with Crippen LogP contribution in [0.4, 0.5) is 26.3 Å². The van der Waals surface area contributed by atoms with Crippen LogP contribution in [0.5, 0.6) is 0 Å². The van der Waals surface area contributed by atoms with Gasteiger partial charge in [0.1, 0.15) is 5.84 Å². The monoisotopic (exact) mass is 706 g/mol.